The summed E-state index contributed by atoms with van der Waals surface area (Å²) in [6.07, 6.45) is -0.166. The maximum atomic E-state index is 12.5. The van der Waals surface area contributed by atoms with Crippen molar-refractivity contribution in [3.63, 3.8) is 0 Å². The lowest BCUT2D eigenvalue weighted by Gasteiger charge is -2.36. The predicted octanol–water partition coefficient (Wildman–Crippen LogP) is 1.23. The molecule has 2 atom stereocenters. The molecular formula is C15H19ClN2O3. The summed E-state index contributed by atoms with van der Waals surface area (Å²) in [5, 5.41) is 3.88. The first-order chi connectivity index (χ1) is 10.3. The number of carbonyl (C=O) groups excluding carboxylic acids is 1. The zero-order valence-electron chi connectivity index (χ0n) is 11.8. The molecule has 6 heteroatoms. The lowest BCUT2D eigenvalue weighted by Crippen LogP contribution is -2.55. The topological polar surface area (TPSA) is 50.8 Å². The molecule has 3 rings (SSSR count). The van der Waals surface area contributed by atoms with Gasteiger partial charge in [-0.15, -0.1) is 0 Å². The van der Waals surface area contributed by atoms with Gasteiger partial charge in [-0.25, -0.2) is 0 Å². The molecule has 5 nitrogen and oxygen atoms in total. The summed E-state index contributed by atoms with van der Waals surface area (Å²) >= 11 is 6.22. The number of hydrogen-bond acceptors (Lipinski definition) is 4. The van der Waals surface area contributed by atoms with Gasteiger partial charge in [0.2, 0.25) is 5.91 Å². The molecule has 2 saturated heterocycles. The summed E-state index contributed by atoms with van der Waals surface area (Å²) in [7, 11) is 0. The van der Waals surface area contributed by atoms with E-state index in [1.165, 1.54) is 0 Å². The number of rotatable bonds is 2. The molecule has 0 aromatic heterocycles. The van der Waals surface area contributed by atoms with Crippen molar-refractivity contribution in [2.75, 3.05) is 39.5 Å². The van der Waals surface area contributed by atoms with Gasteiger partial charge in [0, 0.05) is 23.7 Å². The van der Waals surface area contributed by atoms with Gasteiger partial charge in [0.15, 0.2) is 0 Å². The standard InChI is InChI=1S/C15H19ClN2O3/c16-12-4-2-1-3-11(12)14-9-18(6-8-21-14)15(19)13-10-20-7-5-17-13/h1-4,13-14,17H,5-10H2/t13-,14+/m1/s1. The van der Waals surface area contributed by atoms with Crippen LogP contribution in [0.1, 0.15) is 11.7 Å². The van der Waals surface area contributed by atoms with Crippen LogP contribution in [0, 0.1) is 0 Å². The van der Waals surface area contributed by atoms with Crippen LogP contribution in [0.25, 0.3) is 0 Å². The molecule has 0 unspecified atom stereocenters. The van der Waals surface area contributed by atoms with Crippen molar-refractivity contribution in [2.45, 2.75) is 12.1 Å². The molecule has 2 aliphatic rings. The van der Waals surface area contributed by atoms with Gasteiger partial charge in [-0.1, -0.05) is 29.8 Å². The molecule has 0 aliphatic carbocycles. The number of hydrogen-bond donors (Lipinski definition) is 1. The van der Waals surface area contributed by atoms with E-state index in [9.17, 15) is 4.79 Å². The molecule has 1 amide bonds. The number of benzene rings is 1. The largest absolute Gasteiger partial charge is 0.378 e. The van der Waals surface area contributed by atoms with Gasteiger partial charge in [-0.05, 0) is 6.07 Å². The number of amides is 1. The molecule has 114 valence electrons. The predicted molar refractivity (Wildman–Crippen MR) is 79.3 cm³/mol. The van der Waals surface area contributed by atoms with Crippen LogP contribution in [0.5, 0.6) is 0 Å². The minimum Gasteiger partial charge on any atom is -0.378 e. The van der Waals surface area contributed by atoms with Crippen molar-refractivity contribution in [1.82, 2.24) is 10.2 Å². The highest BCUT2D eigenvalue weighted by Gasteiger charge is 2.31. The van der Waals surface area contributed by atoms with Gasteiger partial charge in [0.25, 0.3) is 0 Å². The Bertz CT molecular complexity index is 505. The van der Waals surface area contributed by atoms with Gasteiger partial charge in [-0.3, -0.25) is 4.79 Å². The summed E-state index contributed by atoms with van der Waals surface area (Å²) in [6.45, 7) is 3.48. The fourth-order valence-electron chi connectivity index (χ4n) is 2.72. The molecule has 1 N–H and O–H groups in total. The fourth-order valence-corrected chi connectivity index (χ4v) is 2.98. The van der Waals surface area contributed by atoms with Crippen LogP contribution in [0.3, 0.4) is 0 Å². The molecule has 2 heterocycles. The quantitative estimate of drug-likeness (QED) is 0.892. The van der Waals surface area contributed by atoms with E-state index < -0.39 is 0 Å². The molecular weight excluding hydrogens is 292 g/mol. The van der Waals surface area contributed by atoms with E-state index in [2.05, 4.69) is 5.32 Å². The van der Waals surface area contributed by atoms with Gasteiger partial charge in [-0.2, -0.15) is 0 Å². The van der Waals surface area contributed by atoms with Crippen molar-refractivity contribution in [1.29, 1.82) is 0 Å². The maximum Gasteiger partial charge on any atom is 0.242 e. The molecule has 0 spiro atoms. The smallest absolute Gasteiger partial charge is 0.242 e. The van der Waals surface area contributed by atoms with E-state index in [0.29, 0.717) is 44.5 Å². The highest BCUT2D eigenvalue weighted by Crippen LogP contribution is 2.28. The van der Waals surface area contributed by atoms with Crippen LogP contribution < -0.4 is 5.32 Å². The van der Waals surface area contributed by atoms with Crippen molar-refractivity contribution in [2.24, 2.45) is 0 Å². The SMILES string of the molecule is O=C([C@H]1COCCN1)N1CCO[C@H](c2ccccc2Cl)C1. The van der Waals surface area contributed by atoms with E-state index in [4.69, 9.17) is 21.1 Å². The molecule has 0 saturated carbocycles. The van der Waals surface area contributed by atoms with Gasteiger partial charge in [0.05, 0.1) is 26.4 Å². The lowest BCUT2D eigenvalue weighted by molar-refractivity contribution is -0.144. The molecule has 0 radical (unpaired) electrons. The Hall–Kier alpha value is -1.14. The van der Waals surface area contributed by atoms with E-state index in [-0.39, 0.29) is 18.1 Å². The third-order valence-corrected chi connectivity index (χ3v) is 4.19. The van der Waals surface area contributed by atoms with E-state index in [1.807, 2.05) is 29.2 Å². The number of carbonyl (C=O) groups is 1. The third kappa shape index (κ3) is 3.37. The van der Waals surface area contributed by atoms with E-state index >= 15 is 0 Å². The lowest BCUT2D eigenvalue weighted by atomic mass is 10.1. The number of nitrogens with one attached hydrogen (secondary N) is 1. The van der Waals surface area contributed by atoms with Crippen molar-refractivity contribution in [3.8, 4) is 0 Å². The minimum atomic E-state index is -0.247. The summed E-state index contributed by atoms with van der Waals surface area (Å²) in [6, 6.07) is 7.37. The zero-order valence-corrected chi connectivity index (χ0v) is 12.5. The van der Waals surface area contributed by atoms with Crippen LogP contribution in [-0.4, -0.2) is 56.3 Å². The average Bonchev–Trinajstić information content (AvgIpc) is 2.55. The van der Waals surface area contributed by atoms with Crippen LogP contribution in [0.2, 0.25) is 5.02 Å². The second kappa shape index (κ2) is 6.75. The Labute approximate surface area is 129 Å². The van der Waals surface area contributed by atoms with Crippen molar-refractivity contribution in [3.05, 3.63) is 34.9 Å². The first-order valence-electron chi connectivity index (χ1n) is 7.21. The molecule has 0 bridgehead atoms. The van der Waals surface area contributed by atoms with Crippen LogP contribution >= 0.6 is 11.6 Å². The Morgan fingerprint density at radius 3 is 2.95 bits per heavy atom. The van der Waals surface area contributed by atoms with Crippen molar-refractivity contribution < 1.29 is 14.3 Å². The summed E-state index contributed by atoms with van der Waals surface area (Å²) in [5.74, 6) is 0.0788. The zero-order chi connectivity index (χ0) is 14.7. The number of nitrogens with zero attached hydrogens (tertiary/aromatic N) is 1. The Kier molecular flexibility index (Phi) is 4.75. The highest BCUT2D eigenvalue weighted by molar-refractivity contribution is 6.31. The molecule has 2 aliphatic heterocycles. The first kappa shape index (κ1) is 14.8. The fraction of sp³-hybridized carbons (Fsp3) is 0.533. The molecule has 21 heavy (non-hydrogen) atoms. The van der Waals surface area contributed by atoms with E-state index in [1.54, 1.807) is 0 Å². The van der Waals surface area contributed by atoms with Gasteiger partial charge < -0.3 is 19.7 Å². The monoisotopic (exact) mass is 310 g/mol. The Balaban J connectivity index is 1.68. The molecule has 2 fully saturated rings. The molecule has 1 aromatic carbocycles. The summed E-state index contributed by atoms with van der Waals surface area (Å²) in [5.41, 5.74) is 0.935. The van der Waals surface area contributed by atoms with Crippen molar-refractivity contribution >= 4 is 17.5 Å². The Morgan fingerprint density at radius 2 is 2.19 bits per heavy atom. The second-order valence-corrected chi connectivity index (χ2v) is 5.65. The highest BCUT2D eigenvalue weighted by atomic mass is 35.5. The molecule has 1 aromatic rings. The van der Waals surface area contributed by atoms with Gasteiger partial charge >= 0.3 is 0 Å². The normalized spacial score (nSPS) is 26.6. The van der Waals surface area contributed by atoms with Gasteiger partial charge in [0.1, 0.15) is 12.1 Å². The average molecular weight is 311 g/mol. The second-order valence-electron chi connectivity index (χ2n) is 5.25. The van der Waals surface area contributed by atoms with E-state index in [0.717, 1.165) is 5.56 Å². The summed E-state index contributed by atoms with van der Waals surface area (Å²) in [4.78, 5) is 14.3. The summed E-state index contributed by atoms with van der Waals surface area (Å²) < 4.78 is 11.1. The number of morpholine rings is 2. The Morgan fingerprint density at radius 1 is 1.33 bits per heavy atom. The van der Waals surface area contributed by atoms with Crippen LogP contribution in [0.15, 0.2) is 24.3 Å². The van der Waals surface area contributed by atoms with Crippen LogP contribution in [-0.2, 0) is 14.3 Å². The number of ether oxygens (including phenoxy) is 2. The number of halogens is 1. The third-order valence-electron chi connectivity index (χ3n) is 3.85. The minimum absolute atomic E-state index is 0.0788. The maximum absolute atomic E-state index is 12.5. The first-order valence-corrected chi connectivity index (χ1v) is 7.59. The van der Waals surface area contributed by atoms with Crippen LogP contribution in [0.4, 0.5) is 0 Å².